The lowest BCUT2D eigenvalue weighted by Crippen LogP contribution is -2.05. The monoisotopic (exact) mass is 286 g/mol. The average Bonchev–Trinajstić information content (AvgIpc) is 2.52. The van der Waals surface area contributed by atoms with Gasteiger partial charge in [-0.25, -0.2) is 4.68 Å². The molecule has 0 radical (unpaired) electrons. The quantitative estimate of drug-likeness (QED) is 0.792. The summed E-state index contributed by atoms with van der Waals surface area (Å²) in [5.74, 6) is 0.376. The molecule has 0 saturated carbocycles. The summed E-state index contributed by atoms with van der Waals surface area (Å²) in [5, 5.41) is 4.46. The minimum absolute atomic E-state index is 0.376. The van der Waals surface area contributed by atoms with Gasteiger partial charge in [-0.3, -0.25) is 0 Å². The number of nitrogens with zero attached hydrogens (tertiary/aromatic N) is 2. The van der Waals surface area contributed by atoms with E-state index in [1.165, 1.54) is 10.9 Å². The minimum Gasteiger partial charge on any atom is -0.397 e. The second-order valence-corrected chi connectivity index (χ2v) is 4.32. The maximum absolute atomic E-state index is 5.82. The molecule has 0 unspecified atom stereocenters. The highest BCUT2D eigenvalue weighted by atomic mass is 79.9. The molecule has 0 spiro atoms. The van der Waals surface area contributed by atoms with Crippen molar-refractivity contribution in [3.63, 3.8) is 0 Å². The molecular weight excluding hydrogens is 279 g/mol. The molecule has 6 heteroatoms. The van der Waals surface area contributed by atoms with Gasteiger partial charge in [-0.15, -0.1) is 0 Å². The number of rotatable bonds is 1. The Morgan fingerprint density at radius 2 is 2.07 bits per heavy atom. The van der Waals surface area contributed by atoms with Crippen LogP contribution in [0.4, 0.5) is 11.5 Å². The zero-order chi connectivity index (χ0) is 11.0. The van der Waals surface area contributed by atoms with Crippen LogP contribution in [0.3, 0.4) is 0 Å². The van der Waals surface area contributed by atoms with E-state index in [0.717, 1.165) is 4.47 Å². The number of hydrogen-bond donors (Lipinski definition) is 2. The van der Waals surface area contributed by atoms with Gasteiger partial charge < -0.3 is 11.5 Å². The maximum Gasteiger partial charge on any atom is 0.146 e. The van der Waals surface area contributed by atoms with E-state index in [1.54, 1.807) is 6.07 Å². The molecule has 4 nitrogen and oxygen atoms in total. The fourth-order valence-electron chi connectivity index (χ4n) is 1.23. The molecule has 0 aliphatic heterocycles. The molecular formula is C9H8BrClN4. The van der Waals surface area contributed by atoms with E-state index >= 15 is 0 Å². The van der Waals surface area contributed by atoms with Gasteiger partial charge in [0.05, 0.1) is 17.6 Å². The van der Waals surface area contributed by atoms with Crippen molar-refractivity contribution in [2.24, 2.45) is 0 Å². The first kappa shape index (κ1) is 10.3. The van der Waals surface area contributed by atoms with E-state index < -0.39 is 0 Å². The summed E-state index contributed by atoms with van der Waals surface area (Å²) in [6.45, 7) is 0. The van der Waals surface area contributed by atoms with Gasteiger partial charge in [-0.1, -0.05) is 27.5 Å². The van der Waals surface area contributed by atoms with Gasteiger partial charge in [0.25, 0.3) is 0 Å². The van der Waals surface area contributed by atoms with Gasteiger partial charge in [0, 0.05) is 4.47 Å². The van der Waals surface area contributed by atoms with Gasteiger partial charge in [0.2, 0.25) is 0 Å². The Balaban J connectivity index is 2.63. The molecule has 0 atom stereocenters. The van der Waals surface area contributed by atoms with Gasteiger partial charge in [-0.05, 0) is 18.2 Å². The first-order chi connectivity index (χ1) is 7.09. The van der Waals surface area contributed by atoms with E-state index in [4.69, 9.17) is 23.1 Å². The Morgan fingerprint density at radius 3 is 2.67 bits per heavy atom. The predicted molar refractivity (Wildman–Crippen MR) is 65.1 cm³/mol. The van der Waals surface area contributed by atoms with Crippen molar-refractivity contribution >= 4 is 39.0 Å². The third-order valence-electron chi connectivity index (χ3n) is 1.98. The molecule has 0 saturated heterocycles. The zero-order valence-electron chi connectivity index (χ0n) is 7.61. The molecule has 15 heavy (non-hydrogen) atoms. The molecule has 0 bridgehead atoms. The lowest BCUT2D eigenvalue weighted by Gasteiger charge is -2.07. The third-order valence-corrected chi connectivity index (χ3v) is 2.76. The molecule has 78 valence electrons. The number of aromatic nitrogens is 2. The van der Waals surface area contributed by atoms with Gasteiger partial charge in [0.1, 0.15) is 10.8 Å². The lowest BCUT2D eigenvalue weighted by molar-refractivity contribution is 0.893. The fourth-order valence-corrected chi connectivity index (χ4v) is 1.70. The van der Waals surface area contributed by atoms with Crippen LogP contribution in [-0.4, -0.2) is 9.78 Å². The summed E-state index contributed by atoms with van der Waals surface area (Å²) in [7, 11) is 0. The van der Waals surface area contributed by atoms with Crippen LogP contribution in [0.5, 0.6) is 0 Å². The predicted octanol–water partition coefficient (Wildman–Crippen LogP) is 2.45. The maximum atomic E-state index is 5.82. The zero-order valence-corrected chi connectivity index (χ0v) is 9.96. The van der Waals surface area contributed by atoms with Gasteiger partial charge in [-0.2, -0.15) is 5.10 Å². The van der Waals surface area contributed by atoms with E-state index in [0.29, 0.717) is 22.2 Å². The van der Waals surface area contributed by atoms with Gasteiger partial charge in [0.15, 0.2) is 0 Å². The number of nitrogen functional groups attached to an aromatic ring is 2. The van der Waals surface area contributed by atoms with Crippen LogP contribution in [0.25, 0.3) is 5.69 Å². The molecule has 1 aromatic heterocycles. The molecule has 0 aliphatic carbocycles. The highest BCUT2D eigenvalue weighted by molar-refractivity contribution is 9.10. The van der Waals surface area contributed by atoms with Crippen LogP contribution in [-0.2, 0) is 0 Å². The summed E-state index contributed by atoms with van der Waals surface area (Å²) in [6, 6.07) is 5.45. The largest absolute Gasteiger partial charge is 0.397 e. The Hall–Kier alpha value is -1.20. The number of nitrogens with two attached hydrogens (primary N) is 2. The minimum atomic E-state index is 0.376. The van der Waals surface area contributed by atoms with Crippen molar-refractivity contribution in [1.29, 1.82) is 0 Å². The van der Waals surface area contributed by atoms with Crippen molar-refractivity contribution in [3.8, 4) is 5.69 Å². The van der Waals surface area contributed by atoms with E-state index in [1.807, 2.05) is 12.1 Å². The second kappa shape index (κ2) is 3.75. The van der Waals surface area contributed by atoms with Crippen LogP contribution in [0.1, 0.15) is 0 Å². The highest BCUT2D eigenvalue weighted by Crippen LogP contribution is 2.27. The van der Waals surface area contributed by atoms with Crippen molar-refractivity contribution in [2.75, 3.05) is 11.5 Å². The normalized spacial score (nSPS) is 10.5. The van der Waals surface area contributed by atoms with E-state index in [9.17, 15) is 0 Å². The van der Waals surface area contributed by atoms with Crippen molar-refractivity contribution < 1.29 is 0 Å². The fraction of sp³-hybridized carbons (Fsp3) is 0. The Labute approximate surface area is 99.9 Å². The van der Waals surface area contributed by atoms with E-state index in [-0.39, 0.29) is 0 Å². The van der Waals surface area contributed by atoms with Crippen LogP contribution in [0, 0.1) is 0 Å². The van der Waals surface area contributed by atoms with Crippen LogP contribution in [0.15, 0.2) is 28.9 Å². The Morgan fingerprint density at radius 1 is 1.33 bits per heavy atom. The van der Waals surface area contributed by atoms with Crippen molar-refractivity contribution in [1.82, 2.24) is 9.78 Å². The van der Waals surface area contributed by atoms with Crippen LogP contribution in [0.2, 0.25) is 5.02 Å². The molecule has 4 N–H and O–H groups in total. The average molecular weight is 288 g/mol. The van der Waals surface area contributed by atoms with Crippen molar-refractivity contribution in [2.45, 2.75) is 0 Å². The Bertz CT molecular complexity index is 509. The van der Waals surface area contributed by atoms with Crippen LogP contribution >= 0.6 is 27.5 Å². The highest BCUT2D eigenvalue weighted by Gasteiger charge is 2.09. The smallest absolute Gasteiger partial charge is 0.146 e. The lowest BCUT2D eigenvalue weighted by atomic mass is 10.3. The summed E-state index contributed by atoms with van der Waals surface area (Å²) < 4.78 is 2.40. The molecule has 1 heterocycles. The second-order valence-electron chi connectivity index (χ2n) is 2.99. The summed E-state index contributed by atoms with van der Waals surface area (Å²) >= 11 is 9.17. The topological polar surface area (TPSA) is 69.9 Å². The summed E-state index contributed by atoms with van der Waals surface area (Å²) in [6.07, 6.45) is 1.48. The summed E-state index contributed by atoms with van der Waals surface area (Å²) in [4.78, 5) is 0. The van der Waals surface area contributed by atoms with Crippen molar-refractivity contribution in [3.05, 3.63) is 33.9 Å². The van der Waals surface area contributed by atoms with E-state index in [2.05, 4.69) is 21.0 Å². The number of benzene rings is 1. The standard InChI is InChI=1S/C9H8BrClN4/c10-5-1-2-7(12)8(3-5)15-9(13)6(11)4-14-15/h1-4H,12-13H2. The number of hydrogen-bond acceptors (Lipinski definition) is 3. The molecule has 2 rings (SSSR count). The third kappa shape index (κ3) is 1.80. The first-order valence-electron chi connectivity index (χ1n) is 4.14. The Kier molecular flexibility index (Phi) is 2.58. The van der Waals surface area contributed by atoms with Gasteiger partial charge >= 0.3 is 0 Å². The molecule has 1 aromatic carbocycles. The molecule has 0 fully saturated rings. The molecule has 0 aliphatic rings. The molecule has 2 aromatic rings. The number of halogens is 2. The summed E-state index contributed by atoms with van der Waals surface area (Å²) in [5.41, 5.74) is 12.9. The SMILES string of the molecule is Nc1ccc(Br)cc1-n1ncc(Cl)c1N. The molecule has 0 amide bonds. The number of anilines is 2. The van der Waals surface area contributed by atoms with Crippen LogP contribution < -0.4 is 11.5 Å². The first-order valence-corrected chi connectivity index (χ1v) is 5.31.